The van der Waals surface area contributed by atoms with Crippen molar-refractivity contribution in [1.29, 1.82) is 0 Å². The van der Waals surface area contributed by atoms with Gasteiger partial charge in [0.1, 0.15) is 11.4 Å². The fourth-order valence-electron chi connectivity index (χ4n) is 2.65. The van der Waals surface area contributed by atoms with Crippen LogP contribution >= 0.6 is 0 Å². The second-order valence-electron chi connectivity index (χ2n) is 5.25. The number of imide groups is 1. The highest BCUT2D eigenvalue weighted by Crippen LogP contribution is 2.34. The number of amides is 2. The molecule has 7 nitrogen and oxygen atoms in total. The normalized spacial score (nSPS) is 13.3. The lowest BCUT2D eigenvalue weighted by molar-refractivity contribution is 0.0693. The zero-order chi connectivity index (χ0) is 16.7. The maximum atomic E-state index is 12.6. The Morgan fingerprint density at radius 1 is 0.750 bits per heavy atom. The van der Waals surface area contributed by atoms with Crippen LogP contribution in [-0.4, -0.2) is 43.9 Å². The number of hydrogen-bond acceptors (Lipinski definition) is 6. The molecule has 1 aliphatic heterocycles. The highest BCUT2D eigenvalue weighted by atomic mass is 16.2. The second-order valence-corrected chi connectivity index (χ2v) is 5.25. The average molecular weight is 317 g/mol. The van der Waals surface area contributed by atoms with Gasteiger partial charge in [0, 0.05) is 19.4 Å². The molecule has 3 aromatic rings. The number of carbonyl (C=O) groups excluding carboxylic acids is 2. The molecule has 4 rings (SSSR count). The SMILES string of the molecule is CN1C(=O)c2c(-c3ccccn3)nnc(-c3ccccn3)c2C1=O. The van der Waals surface area contributed by atoms with Gasteiger partial charge in [-0.1, -0.05) is 12.1 Å². The summed E-state index contributed by atoms with van der Waals surface area (Å²) < 4.78 is 0. The lowest BCUT2D eigenvalue weighted by Crippen LogP contribution is -2.24. The van der Waals surface area contributed by atoms with Crippen LogP contribution in [0.3, 0.4) is 0 Å². The first-order chi connectivity index (χ1) is 11.7. The van der Waals surface area contributed by atoms with Crippen LogP contribution in [0.1, 0.15) is 20.7 Å². The third-order valence-corrected chi connectivity index (χ3v) is 3.83. The summed E-state index contributed by atoms with van der Waals surface area (Å²) in [6, 6.07) is 10.5. The van der Waals surface area contributed by atoms with Crippen LogP contribution in [0.5, 0.6) is 0 Å². The maximum absolute atomic E-state index is 12.6. The molecule has 0 saturated heterocycles. The molecule has 0 aromatic carbocycles. The first-order valence-corrected chi connectivity index (χ1v) is 7.24. The smallest absolute Gasteiger partial charge is 0.263 e. The predicted molar refractivity (Wildman–Crippen MR) is 84.9 cm³/mol. The Morgan fingerprint density at radius 3 is 1.58 bits per heavy atom. The molecule has 0 fully saturated rings. The van der Waals surface area contributed by atoms with Gasteiger partial charge >= 0.3 is 0 Å². The zero-order valence-corrected chi connectivity index (χ0v) is 12.7. The van der Waals surface area contributed by atoms with Crippen molar-refractivity contribution in [2.24, 2.45) is 0 Å². The van der Waals surface area contributed by atoms with E-state index in [-0.39, 0.29) is 11.1 Å². The van der Waals surface area contributed by atoms with Crippen molar-refractivity contribution in [1.82, 2.24) is 25.1 Å². The van der Waals surface area contributed by atoms with Crippen molar-refractivity contribution in [3.63, 3.8) is 0 Å². The van der Waals surface area contributed by atoms with Gasteiger partial charge < -0.3 is 0 Å². The van der Waals surface area contributed by atoms with Crippen LogP contribution in [-0.2, 0) is 0 Å². The van der Waals surface area contributed by atoms with Crippen molar-refractivity contribution in [2.75, 3.05) is 7.05 Å². The number of nitrogens with zero attached hydrogens (tertiary/aromatic N) is 5. The summed E-state index contributed by atoms with van der Waals surface area (Å²) in [4.78, 5) is 34.6. The number of aromatic nitrogens is 4. The third-order valence-electron chi connectivity index (χ3n) is 3.83. The molecule has 0 N–H and O–H groups in total. The molecule has 0 atom stereocenters. The minimum Gasteiger partial charge on any atom is -0.277 e. The van der Waals surface area contributed by atoms with E-state index in [4.69, 9.17) is 0 Å². The van der Waals surface area contributed by atoms with Gasteiger partial charge in [0.05, 0.1) is 22.5 Å². The second kappa shape index (κ2) is 5.31. The van der Waals surface area contributed by atoms with Crippen molar-refractivity contribution < 1.29 is 9.59 Å². The van der Waals surface area contributed by atoms with E-state index in [0.29, 0.717) is 22.8 Å². The lowest BCUT2D eigenvalue weighted by Gasteiger charge is -2.07. The lowest BCUT2D eigenvalue weighted by atomic mass is 10.0. The minimum atomic E-state index is -0.414. The molecule has 116 valence electrons. The summed E-state index contributed by atoms with van der Waals surface area (Å²) in [5, 5.41) is 8.33. The molecule has 1 aliphatic rings. The molecule has 0 saturated carbocycles. The Kier molecular flexibility index (Phi) is 3.13. The highest BCUT2D eigenvalue weighted by molar-refractivity contribution is 6.25. The van der Waals surface area contributed by atoms with E-state index in [9.17, 15) is 9.59 Å². The number of pyridine rings is 2. The Labute approximate surface area is 137 Å². The van der Waals surface area contributed by atoms with E-state index >= 15 is 0 Å². The van der Waals surface area contributed by atoms with Crippen molar-refractivity contribution in [3.05, 3.63) is 59.9 Å². The average Bonchev–Trinajstić information content (AvgIpc) is 2.87. The third kappa shape index (κ3) is 1.98. The van der Waals surface area contributed by atoms with Crippen LogP contribution < -0.4 is 0 Å². The molecule has 4 heterocycles. The molecule has 0 radical (unpaired) electrons. The van der Waals surface area contributed by atoms with Crippen LogP contribution in [0, 0.1) is 0 Å². The topological polar surface area (TPSA) is 88.9 Å². The van der Waals surface area contributed by atoms with E-state index in [0.717, 1.165) is 4.90 Å². The molecule has 0 unspecified atom stereocenters. The molecule has 7 heteroatoms. The number of carbonyl (C=O) groups is 2. The van der Waals surface area contributed by atoms with Gasteiger partial charge in [-0.15, -0.1) is 10.2 Å². The fourth-order valence-corrected chi connectivity index (χ4v) is 2.65. The van der Waals surface area contributed by atoms with E-state index in [1.165, 1.54) is 7.05 Å². The van der Waals surface area contributed by atoms with Gasteiger partial charge in [-0.2, -0.15) is 0 Å². The predicted octanol–water partition coefficient (Wildman–Crippen LogP) is 1.83. The van der Waals surface area contributed by atoms with Crippen LogP contribution in [0.2, 0.25) is 0 Å². The quantitative estimate of drug-likeness (QED) is 0.670. The molecule has 2 amide bonds. The van der Waals surface area contributed by atoms with Crippen LogP contribution in [0.15, 0.2) is 48.8 Å². The van der Waals surface area contributed by atoms with E-state index in [1.807, 2.05) is 0 Å². The summed E-state index contributed by atoms with van der Waals surface area (Å²) >= 11 is 0. The van der Waals surface area contributed by atoms with Gasteiger partial charge in [0.25, 0.3) is 11.8 Å². The summed E-state index contributed by atoms with van der Waals surface area (Å²) in [6.07, 6.45) is 3.20. The van der Waals surface area contributed by atoms with Crippen molar-refractivity contribution in [2.45, 2.75) is 0 Å². The Bertz CT molecular complexity index is 879. The highest BCUT2D eigenvalue weighted by Gasteiger charge is 2.40. The summed E-state index contributed by atoms with van der Waals surface area (Å²) in [5.74, 6) is -0.828. The fraction of sp³-hybridized carbons (Fsp3) is 0.0588. The molecule has 0 bridgehead atoms. The molecule has 0 spiro atoms. The summed E-state index contributed by atoms with van der Waals surface area (Å²) in [5.41, 5.74) is 2.02. The largest absolute Gasteiger partial charge is 0.277 e. The summed E-state index contributed by atoms with van der Waals surface area (Å²) in [7, 11) is 1.44. The first kappa shape index (κ1) is 14.1. The zero-order valence-electron chi connectivity index (χ0n) is 12.7. The monoisotopic (exact) mass is 317 g/mol. The first-order valence-electron chi connectivity index (χ1n) is 7.24. The number of hydrogen-bond donors (Lipinski definition) is 0. The maximum Gasteiger partial charge on any atom is 0.263 e. The van der Waals surface area contributed by atoms with Gasteiger partial charge in [-0.05, 0) is 24.3 Å². The summed E-state index contributed by atoms with van der Waals surface area (Å²) in [6.45, 7) is 0. The van der Waals surface area contributed by atoms with Crippen LogP contribution in [0.25, 0.3) is 22.8 Å². The van der Waals surface area contributed by atoms with E-state index in [2.05, 4.69) is 20.2 Å². The Morgan fingerprint density at radius 2 is 1.21 bits per heavy atom. The number of fused-ring (bicyclic) bond motifs is 1. The Balaban J connectivity index is 2.03. The van der Waals surface area contributed by atoms with E-state index in [1.54, 1.807) is 48.8 Å². The minimum absolute atomic E-state index is 0.219. The van der Waals surface area contributed by atoms with Gasteiger partial charge in [-0.3, -0.25) is 24.5 Å². The molecule has 0 aliphatic carbocycles. The van der Waals surface area contributed by atoms with Gasteiger partial charge in [-0.25, -0.2) is 0 Å². The molecule has 3 aromatic heterocycles. The van der Waals surface area contributed by atoms with Gasteiger partial charge in [0.2, 0.25) is 0 Å². The molecular formula is C17H11N5O2. The van der Waals surface area contributed by atoms with E-state index < -0.39 is 11.8 Å². The van der Waals surface area contributed by atoms with Crippen molar-refractivity contribution >= 4 is 11.8 Å². The number of rotatable bonds is 2. The van der Waals surface area contributed by atoms with Crippen LogP contribution in [0.4, 0.5) is 0 Å². The van der Waals surface area contributed by atoms with Gasteiger partial charge in [0.15, 0.2) is 0 Å². The molecule has 24 heavy (non-hydrogen) atoms. The Hall–Kier alpha value is -3.48. The molecular weight excluding hydrogens is 306 g/mol. The standard InChI is InChI=1S/C17H11N5O2/c1-22-16(23)12-13(17(22)24)15(11-7-3-5-9-19-11)21-20-14(12)10-6-2-4-8-18-10/h2-9H,1H3. The van der Waals surface area contributed by atoms with Crippen molar-refractivity contribution in [3.8, 4) is 22.8 Å².